The summed E-state index contributed by atoms with van der Waals surface area (Å²) in [6.45, 7) is 1.60. The second-order valence-corrected chi connectivity index (χ2v) is 7.24. The van der Waals surface area contributed by atoms with Gasteiger partial charge in [-0.05, 0) is 37.1 Å². The van der Waals surface area contributed by atoms with Gasteiger partial charge in [0.15, 0.2) is 0 Å². The van der Waals surface area contributed by atoms with Gasteiger partial charge in [0.2, 0.25) is 5.91 Å². The maximum Gasteiger partial charge on any atom is 0.239 e. The van der Waals surface area contributed by atoms with Gasteiger partial charge in [-0.1, -0.05) is 11.6 Å². The van der Waals surface area contributed by atoms with Gasteiger partial charge < -0.3 is 20.5 Å². The number of halogens is 2. The van der Waals surface area contributed by atoms with Gasteiger partial charge in [-0.2, -0.15) is 0 Å². The number of nitrogens with zero attached hydrogens (tertiary/aromatic N) is 3. The maximum absolute atomic E-state index is 13.4. The van der Waals surface area contributed by atoms with E-state index in [1.807, 2.05) is 12.3 Å². The quantitative estimate of drug-likeness (QED) is 0.611. The second kappa shape index (κ2) is 8.02. The van der Waals surface area contributed by atoms with Crippen LogP contribution in [-0.4, -0.2) is 46.5 Å². The first kappa shape index (κ1) is 18.5. The van der Waals surface area contributed by atoms with Crippen LogP contribution >= 0.6 is 11.6 Å². The third kappa shape index (κ3) is 4.17. The van der Waals surface area contributed by atoms with E-state index in [0.29, 0.717) is 12.2 Å². The highest BCUT2D eigenvalue weighted by molar-refractivity contribution is 6.30. The van der Waals surface area contributed by atoms with Crippen LogP contribution in [0.15, 0.2) is 36.8 Å². The van der Waals surface area contributed by atoms with Crippen molar-refractivity contribution >= 4 is 40.0 Å². The minimum absolute atomic E-state index is 0.0168. The number of anilines is 2. The Bertz CT molecular complexity index is 973. The molecular weight excluding hydrogens is 383 g/mol. The number of aromatic nitrogens is 3. The number of fused-ring (bicyclic) bond motifs is 1. The standard InChI is InChI=1S/C19H20ClFN6O/c20-12-6-13(21)8-15(7-12)23-9-17(28)26-14-2-1-5-27(10-14)19-16-3-4-22-18(16)24-11-25-19/h3-4,6-8,11,14,23H,1-2,5,9-10H2,(H,26,28)(H,22,24,25). The molecule has 2 aromatic heterocycles. The molecule has 1 unspecified atom stereocenters. The predicted octanol–water partition coefficient (Wildman–Crippen LogP) is 2.95. The van der Waals surface area contributed by atoms with Gasteiger partial charge in [0.25, 0.3) is 0 Å². The molecule has 4 rings (SSSR count). The van der Waals surface area contributed by atoms with Gasteiger partial charge in [-0.25, -0.2) is 14.4 Å². The second-order valence-electron chi connectivity index (χ2n) is 6.80. The van der Waals surface area contributed by atoms with Gasteiger partial charge in [-0.3, -0.25) is 4.79 Å². The van der Waals surface area contributed by atoms with Crippen molar-refractivity contribution in [3.05, 3.63) is 47.6 Å². The Labute approximate surface area is 166 Å². The molecule has 3 heterocycles. The number of hydrogen-bond acceptors (Lipinski definition) is 5. The smallest absolute Gasteiger partial charge is 0.239 e. The highest BCUT2D eigenvalue weighted by atomic mass is 35.5. The molecule has 3 N–H and O–H groups in total. The molecule has 1 amide bonds. The van der Waals surface area contributed by atoms with Crippen LogP contribution in [0.1, 0.15) is 12.8 Å². The Morgan fingerprint density at radius 2 is 2.25 bits per heavy atom. The predicted molar refractivity (Wildman–Crippen MR) is 107 cm³/mol. The first-order chi connectivity index (χ1) is 13.6. The van der Waals surface area contributed by atoms with E-state index < -0.39 is 5.82 Å². The molecule has 0 bridgehead atoms. The molecule has 0 aliphatic carbocycles. The summed E-state index contributed by atoms with van der Waals surface area (Å²) in [6, 6.07) is 6.08. The first-order valence-corrected chi connectivity index (χ1v) is 9.48. The monoisotopic (exact) mass is 402 g/mol. The molecule has 9 heteroatoms. The van der Waals surface area contributed by atoms with E-state index in [0.717, 1.165) is 36.2 Å². The molecule has 0 spiro atoms. The van der Waals surface area contributed by atoms with Crippen molar-refractivity contribution in [1.82, 2.24) is 20.3 Å². The number of carbonyl (C=O) groups excluding carboxylic acids is 1. The summed E-state index contributed by atoms with van der Waals surface area (Å²) in [5.74, 6) is 0.277. The minimum Gasteiger partial charge on any atom is -0.376 e. The molecule has 0 saturated carbocycles. The lowest BCUT2D eigenvalue weighted by atomic mass is 10.1. The van der Waals surface area contributed by atoms with Crippen molar-refractivity contribution in [2.45, 2.75) is 18.9 Å². The summed E-state index contributed by atoms with van der Waals surface area (Å²) in [4.78, 5) is 26.2. The van der Waals surface area contributed by atoms with Gasteiger partial charge in [0, 0.05) is 36.0 Å². The number of piperidine rings is 1. The van der Waals surface area contributed by atoms with E-state index in [4.69, 9.17) is 11.6 Å². The summed E-state index contributed by atoms with van der Waals surface area (Å²) in [7, 11) is 0. The van der Waals surface area contributed by atoms with Crippen molar-refractivity contribution in [1.29, 1.82) is 0 Å². The highest BCUT2D eigenvalue weighted by Gasteiger charge is 2.23. The lowest BCUT2D eigenvalue weighted by molar-refractivity contribution is -0.120. The zero-order valence-corrected chi connectivity index (χ0v) is 15.8. The van der Waals surface area contributed by atoms with Crippen LogP contribution in [0.3, 0.4) is 0 Å². The van der Waals surface area contributed by atoms with Crippen LogP contribution in [-0.2, 0) is 4.79 Å². The number of amides is 1. The van der Waals surface area contributed by atoms with Crippen LogP contribution in [0.25, 0.3) is 11.0 Å². The number of benzene rings is 1. The summed E-state index contributed by atoms with van der Waals surface area (Å²) >= 11 is 5.83. The number of hydrogen-bond donors (Lipinski definition) is 3. The van der Waals surface area contributed by atoms with Crippen LogP contribution < -0.4 is 15.5 Å². The number of rotatable bonds is 5. The largest absolute Gasteiger partial charge is 0.376 e. The third-order valence-corrected chi connectivity index (χ3v) is 4.95. The fraction of sp³-hybridized carbons (Fsp3) is 0.316. The molecule has 1 atom stereocenters. The molecular formula is C19H20ClFN6O. The average Bonchev–Trinajstić information content (AvgIpc) is 3.15. The van der Waals surface area contributed by atoms with Crippen LogP contribution in [0.2, 0.25) is 5.02 Å². The molecule has 0 radical (unpaired) electrons. The van der Waals surface area contributed by atoms with E-state index in [9.17, 15) is 9.18 Å². The lowest BCUT2D eigenvalue weighted by Crippen LogP contribution is -2.49. The lowest BCUT2D eigenvalue weighted by Gasteiger charge is -2.34. The van der Waals surface area contributed by atoms with Gasteiger partial charge in [0.1, 0.15) is 23.6 Å². The number of aromatic amines is 1. The van der Waals surface area contributed by atoms with Crippen molar-refractivity contribution in [3.63, 3.8) is 0 Å². The van der Waals surface area contributed by atoms with Gasteiger partial charge >= 0.3 is 0 Å². The van der Waals surface area contributed by atoms with Crippen LogP contribution in [0.5, 0.6) is 0 Å². The molecule has 3 aromatic rings. The number of nitrogens with one attached hydrogen (secondary N) is 3. The van der Waals surface area contributed by atoms with Crippen molar-refractivity contribution < 1.29 is 9.18 Å². The summed E-state index contributed by atoms with van der Waals surface area (Å²) in [5, 5.41) is 7.20. The Morgan fingerprint density at radius 3 is 3.11 bits per heavy atom. The van der Waals surface area contributed by atoms with E-state index in [-0.39, 0.29) is 23.5 Å². The minimum atomic E-state index is -0.445. The highest BCUT2D eigenvalue weighted by Crippen LogP contribution is 2.25. The van der Waals surface area contributed by atoms with Crippen molar-refractivity contribution in [3.8, 4) is 0 Å². The normalized spacial score (nSPS) is 16.9. The zero-order chi connectivity index (χ0) is 19.5. The van der Waals surface area contributed by atoms with Crippen LogP contribution in [0, 0.1) is 5.82 Å². The SMILES string of the molecule is O=C(CNc1cc(F)cc(Cl)c1)NC1CCCN(c2ncnc3[nH]ccc23)C1. The Balaban J connectivity index is 1.36. The summed E-state index contributed by atoms with van der Waals surface area (Å²) < 4.78 is 13.4. The van der Waals surface area contributed by atoms with Gasteiger partial charge in [-0.15, -0.1) is 0 Å². The fourth-order valence-corrected chi connectivity index (χ4v) is 3.74. The third-order valence-electron chi connectivity index (χ3n) is 4.73. The van der Waals surface area contributed by atoms with Crippen molar-refractivity contribution in [2.75, 3.05) is 29.9 Å². The molecule has 1 fully saturated rings. The Kier molecular flexibility index (Phi) is 5.29. The van der Waals surface area contributed by atoms with E-state index in [1.54, 1.807) is 12.4 Å². The van der Waals surface area contributed by atoms with E-state index in [1.165, 1.54) is 12.1 Å². The number of carbonyl (C=O) groups is 1. The molecule has 1 aromatic carbocycles. The summed E-state index contributed by atoms with van der Waals surface area (Å²) in [6.07, 6.45) is 5.24. The molecule has 1 aliphatic heterocycles. The molecule has 146 valence electrons. The average molecular weight is 403 g/mol. The van der Waals surface area contributed by atoms with Gasteiger partial charge in [0.05, 0.1) is 11.9 Å². The maximum atomic E-state index is 13.4. The Morgan fingerprint density at radius 1 is 1.36 bits per heavy atom. The molecule has 28 heavy (non-hydrogen) atoms. The molecule has 1 aliphatic rings. The van der Waals surface area contributed by atoms with Crippen molar-refractivity contribution in [2.24, 2.45) is 0 Å². The van der Waals surface area contributed by atoms with Crippen LogP contribution in [0.4, 0.5) is 15.9 Å². The first-order valence-electron chi connectivity index (χ1n) is 9.11. The van der Waals surface area contributed by atoms with E-state index >= 15 is 0 Å². The zero-order valence-electron chi connectivity index (χ0n) is 15.1. The molecule has 1 saturated heterocycles. The fourth-order valence-electron chi connectivity index (χ4n) is 3.51. The topological polar surface area (TPSA) is 85.9 Å². The molecule has 7 nitrogen and oxygen atoms in total. The Hall–Kier alpha value is -2.87. The summed E-state index contributed by atoms with van der Waals surface area (Å²) in [5.41, 5.74) is 1.27. The number of H-pyrrole nitrogens is 1. The van der Waals surface area contributed by atoms with E-state index in [2.05, 4.69) is 30.5 Å².